The summed E-state index contributed by atoms with van der Waals surface area (Å²) in [5, 5.41) is 22.3. The van der Waals surface area contributed by atoms with Gasteiger partial charge in [-0.3, -0.25) is 0 Å². The fourth-order valence-corrected chi connectivity index (χ4v) is 20.5. The van der Waals surface area contributed by atoms with Crippen LogP contribution >= 0.6 is 0 Å². The maximum atomic E-state index is 2.53. The first-order valence-corrected chi connectivity index (χ1v) is 34.9. The van der Waals surface area contributed by atoms with E-state index in [0.29, 0.717) is 0 Å². The minimum atomic E-state index is -2.16. The average molecular weight is 1210 g/mol. The second kappa shape index (κ2) is 20.4. The van der Waals surface area contributed by atoms with E-state index in [4.69, 9.17) is 0 Å². The summed E-state index contributed by atoms with van der Waals surface area (Å²) in [6, 6.07) is 99.0. The van der Waals surface area contributed by atoms with Crippen molar-refractivity contribution in [3.8, 4) is 22.3 Å². The number of hydrogen-bond donors (Lipinski definition) is 0. The van der Waals surface area contributed by atoms with Crippen LogP contribution in [0.5, 0.6) is 0 Å². The molecule has 2 heterocycles. The number of aryl methyl sites for hydroxylation is 2. The molecular weight excluding hydrogens is 1150 g/mol. The molecule has 0 fully saturated rings. The second-order valence-electron chi connectivity index (χ2n) is 23.7. The second-order valence-corrected chi connectivity index (χ2v) is 32.4. The van der Waals surface area contributed by atoms with E-state index in [2.05, 4.69) is 317 Å². The van der Waals surface area contributed by atoms with Crippen molar-refractivity contribution in [2.75, 3.05) is 9.80 Å². The van der Waals surface area contributed by atoms with Gasteiger partial charge in [0.2, 0.25) is 0 Å². The summed E-state index contributed by atoms with van der Waals surface area (Å²) in [5.41, 5.74) is 15.3. The molecule has 0 saturated heterocycles. The third-order valence-electron chi connectivity index (χ3n) is 18.2. The lowest BCUT2D eigenvalue weighted by atomic mass is 9.89. The number of nitrogens with zero attached hydrogens (tertiary/aromatic N) is 2. The highest BCUT2D eigenvalue weighted by molar-refractivity contribution is 7.04. The fourth-order valence-electron chi connectivity index (χ4n) is 14.2. The van der Waals surface area contributed by atoms with E-state index >= 15 is 0 Å². The van der Waals surface area contributed by atoms with Gasteiger partial charge in [0.15, 0.2) is 0 Å². The Morgan fingerprint density at radius 3 is 1.14 bits per heavy atom. The van der Waals surface area contributed by atoms with Gasteiger partial charge in [-0.15, -0.1) is 0 Å². The number of para-hydroxylation sites is 4. The molecule has 5 heteroatoms. The molecule has 14 aromatic carbocycles. The van der Waals surface area contributed by atoms with Crippen molar-refractivity contribution in [3.05, 3.63) is 278 Å². The van der Waals surface area contributed by atoms with Crippen LogP contribution in [0.3, 0.4) is 0 Å². The number of benzene rings is 14. The van der Waals surface area contributed by atoms with Crippen LogP contribution in [0, 0.1) is 13.8 Å². The van der Waals surface area contributed by atoms with Crippen molar-refractivity contribution >= 4 is 136 Å². The molecule has 2 nitrogen and oxygen atoms in total. The predicted molar refractivity (Wildman–Crippen MR) is 361 cm³/mol. The van der Waals surface area contributed by atoms with Crippen LogP contribution in [0.4, 0.5) is 34.1 Å². The molecule has 16 rings (SSSR count). The Balaban J connectivity index is 0.000000173. The van der Waals surface area contributed by atoms with Crippen LogP contribution in [0.2, 0.25) is 26.2 Å². The lowest BCUT2D eigenvalue weighted by Gasteiger charge is -2.36. The zero-order valence-electron chi connectivity index (χ0n) is 47.7. The molecule has 0 bridgehead atoms. The third kappa shape index (κ3) is 8.37. The monoisotopic (exact) mass is 1210 g/mol. The molecule has 0 N–H and O–H groups in total. The summed E-state index contributed by atoms with van der Waals surface area (Å²) in [5.74, 6) is 0. The van der Waals surface area contributed by atoms with Crippen LogP contribution in [-0.2, 0) is 0 Å². The maximum Gasteiger partial charge on any atom is 0.113 e. The van der Waals surface area contributed by atoms with E-state index in [-0.39, 0.29) is 24.0 Å². The molecule has 0 radical (unpaired) electrons. The lowest BCUT2D eigenvalue weighted by Crippen LogP contribution is -3.00. The van der Waals surface area contributed by atoms with Crippen molar-refractivity contribution in [1.82, 2.24) is 0 Å². The van der Waals surface area contributed by atoms with E-state index in [1.165, 1.54) is 120 Å². The van der Waals surface area contributed by atoms with E-state index in [1.807, 2.05) is 0 Å². The number of anilines is 6. The summed E-state index contributed by atoms with van der Waals surface area (Å²) in [6.45, 7) is 14.6. The molecule has 2 aliphatic heterocycles. The molecule has 0 aliphatic carbocycles. The summed E-state index contributed by atoms with van der Waals surface area (Å²) in [7, 11) is -3.91. The Kier molecular flexibility index (Phi) is 12.9. The molecule has 0 saturated carbocycles. The predicted octanol–water partition coefficient (Wildman–Crippen LogP) is 16.5. The first kappa shape index (κ1) is 52.5. The van der Waals surface area contributed by atoms with E-state index < -0.39 is 16.1 Å². The zero-order chi connectivity index (χ0) is 55.4. The normalized spacial score (nSPS) is 13.3. The van der Waals surface area contributed by atoms with Gasteiger partial charge in [0.05, 0.1) is 5.69 Å². The van der Waals surface area contributed by atoms with Gasteiger partial charge in [0, 0.05) is 33.8 Å². The molecule has 0 aromatic heterocycles. The Hall–Kier alpha value is -8.60. The number of halogens is 1. The summed E-state index contributed by atoms with van der Waals surface area (Å²) < 4.78 is 0. The molecule has 0 atom stereocenters. The summed E-state index contributed by atoms with van der Waals surface area (Å²) >= 11 is 0. The summed E-state index contributed by atoms with van der Waals surface area (Å²) in [4.78, 5) is 4.81. The smallest absolute Gasteiger partial charge is 0.113 e. The van der Waals surface area contributed by atoms with Gasteiger partial charge in [-0.1, -0.05) is 220 Å². The quantitative estimate of drug-likeness (QED) is 0.0930. The first-order valence-electron chi connectivity index (χ1n) is 28.9. The van der Waals surface area contributed by atoms with Crippen LogP contribution in [0.1, 0.15) is 11.1 Å². The highest BCUT2D eigenvalue weighted by atomic mass is 127. The topological polar surface area (TPSA) is 6.48 Å². The highest BCUT2D eigenvalue weighted by Gasteiger charge is 2.38. The lowest BCUT2D eigenvalue weighted by molar-refractivity contribution is -0.0000155. The minimum Gasteiger partial charge on any atom is -1.00 e. The Morgan fingerprint density at radius 2 is 0.639 bits per heavy atom. The standard InChI is InChI=1S/C50H38N2Si.C28H24Si.HI/c1-53(2)48-29-17-28-43-45-34-47(52(37-22-11-5-12-23-37)38-24-13-6-14-25-38)41-27-16-15-26-40(41)44(45)33-46(50(43)48)42-31-30-39(32-49(42)53)51(35-18-7-3-8-19-35)36-20-9-4-10-21-36;1-17-12-13-21-25-16-24-20-9-6-5-8-19(20)18(2)15-23(24)22-10-7-11-26(28(22)25)29(3,4)27(21)14-17;/h3-34H,1-2H3;5-16H,1-4H3;1H/p-1. The first-order chi connectivity index (χ1) is 40.0. The van der Waals surface area contributed by atoms with Crippen LogP contribution in [0.15, 0.2) is 267 Å². The van der Waals surface area contributed by atoms with Crippen LogP contribution in [0.25, 0.3) is 86.9 Å². The Bertz CT molecular complexity index is 4810. The largest absolute Gasteiger partial charge is 1.00 e. The van der Waals surface area contributed by atoms with Gasteiger partial charge in [0.1, 0.15) is 16.1 Å². The molecule has 83 heavy (non-hydrogen) atoms. The molecule has 2 aliphatic rings. The summed E-state index contributed by atoms with van der Waals surface area (Å²) in [6.07, 6.45) is 0. The minimum absolute atomic E-state index is 0. The van der Waals surface area contributed by atoms with Crippen LogP contribution < -0.4 is 54.5 Å². The number of fused-ring (bicyclic) bond motifs is 12. The maximum absolute atomic E-state index is 2.53. The average Bonchev–Trinajstić information content (AvgIpc) is 1.18. The van der Waals surface area contributed by atoms with Gasteiger partial charge in [-0.05, 0) is 201 Å². The molecule has 14 aromatic rings. The van der Waals surface area contributed by atoms with Crippen LogP contribution in [-0.4, -0.2) is 16.1 Å². The SMILES string of the molecule is C[Si]1(C)c2cc(N(c3ccccc3)c3ccccc3)ccc2-c2cc3c4ccccc4c(N(c4ccccc4)c4ccccc4)cc3c3cccc1c23.Cc1ccc2c(c1)[Si](C)(C)c1cccc3c1c-2cc1c2ccccc2c(C)cc31.[I-]. The molecule has 0 amide bonds. The third-order valence-corrected chi connectivity index (χ3v) is 25.2. The fraction of sp³-hybridized carbons (Fsp3) is 0.0769. The van der Waals surface area contributed by atoms with Gasteiger partial charge in [-0.25, -0.2) is 0 Å². The van der Waals surface area contributed by atoms with Gasteiger partial charge in [-0.2, -0.15) is 0 Å². The van der Waals surface area contributed by atoms with Gasteiger partial charge < -0.3 is 33.8 Å². The molecule has 0 unspecified atom stereocenters. The van der Waals surface area contributed by atoms with E-state index in [0.717, 1.165) is 22.7 Å². The van der Waals surface area contributed by atoms with Crippen molar-refractivity contribution < 1.29 is 24.0 Å². The van der Waals surface area contributed by atoms with Crippen molar-refractivity contribution in [1.29, 1.82) is 0 Å². The van der Waals surface area contributed by atoms with Crippen molar-refractivity contribution in [3.63, 3.8) is 0 Å². The van der Waals surface area contributed by atoms with Gasteiger partial charge in [0.25, 0.3) is 0 Å². The van der Waals surface area contributed by atoms with E-state index in [9.17, 15) is 0 Å². The van der Waals surface area contributed by atoms with Gasteiger partial charge >= 0.3 is 0 Å². The Morgan fingerprint density at radius 1 is 0.253 bits per heavy atom. The molecule has 400 valence electrons. The Labute approximate surface area is 506 Å². The zero-order valence-corrected chi connectivity index (χ0v) is 51.8. The number of hydrogen-bond acceptors (Lipinski definition) is 2. The van der Waals surface area contributed by atoms with E-state index in [1.54, 1.807) is 10.4 Å². The molecular formula is C78H62IN2Si2-. The molecule has 0 spiro atoms. The van der Waals surface area contributed by atoms with Crippen molar-refractivity contribution in [2.24, 2.45) is 0 Å². The highest BCUT2D eigenvalue weighted by Crippen LogP contribution is 2.48. The number of rotatable bonds is 6. The van der Waals surface area contributed by atoms with Crippen molar-refractivity contribution in [2.45, 2.75) is 40.0 Å².